The molecule has 2 fully saturated rings. The highest BCUT2D eigenvalue weighted by Gasteiger charge is 2.30. The number of hydrogen-bond donors (Lipinski definition) is 1. The lowest BCUT2D eigenvalue weighted by Gasteiger charge is -2.35. The maximum absolute atomic E-state index is 13.1. The molecule has 5 heteroatoms. The van der Waals surface area contributed by atoms with Gasteiger partial charge < -0.3 is 4.90 Å². The number of likely N-dealkylation sites (tertiary alicyclic amines) is 1. The molecule has 1 atom stereocenters. The highest BCUT2D eigenvalue weighted by Crippen LogP contribution is 2.31. The summed E-state index contributed by atoms with van der Waals surface area (Å²) in [6.07, 6.45) is 7.86. The van der Waals surface area contributed by atoms with Crippen LogP contribution in [0.15, 0.2) is 30.3 Å². The van der Waals surface area contributed by atoms with Gasteiger partial charge in [0.2, 0.25) is 5.91 Å². The fourth-order valence-electron chi connectivity index (χ4n) is 4.35. The topological polar surface area (TPSA) is 49.0 Å². The number of hydrogen-bond acceptors (Lipinski definition) is 2. The van der Waals surface area contributed by atoms with E-state index in [2.05, 4.69) is 15.1 Å². The Morgan fingerprint density at radius 2 is 1.85 bits per heavy atom. The Morgan fingerprint density at radius 3 is 2.62 bits per heavy atom. The number of aromatic nitrogens is 2. The number of nitrogens with zero attached hydrogens (tertiary/aromatic N) is 2. The summed E-state index contributed by atoms with van der Waals surface area (Å²) < 4.78 is 13.1. The van der Waals surface area contributed by atoms with Crippen molar-refractivity contribution in [1.29, 1.82) is 0 Å². The molecule has 1 saturated heterocycles. The summed E-state index contributed by atoms with van der Waals surface area (Å²) in [7, 11) is 0. The highest BCUT2D eigenvalue weighted by atomic mass is 19.1. The molecule has 0 bridgehead atoms. The van der Waals surface area contributed by atoms with Crippen molar-refractivity contribution in [2.24, 2.45) is 5.92 Å². The number of amides is 1. The third kappa shape index (κ3) is 3.67. The van der Waals surface area contributed by atoms with E-state index in [1.54, 1.807) is 12.1 Å². The Bertz CT molecular complexity index is 749. The molecule has 1 aliphatic carbocycles. The van der Waals surface area contributed by atoms with Crippen LogP contribution in [0.3, 0.4) is 0 Å². The van der Waals surface area contributed by atoms with E-state index in [4.69, 9.17) is 0 Å². The number of halogens is 1. The molecule has 0 radical (unpaired) electrons. The summed E-state index contributed by atoms with van der Waals surface area (Å²) in [6.45, 7) is 1.66. The lowest BCUT2D eigenvalue weighted by atomic mass is 9.87. The molecule has 1 N–H and O–H groups in total. The summed E-state index contributed by atoms with van der Waals surface area (Å²) in [5, 5.41) is 7.55. The van der Waals surface area contributed by atoms with E-state index in [9.17, 15) is 9.18 Å². The fraction of sp³-hybridized carbons (Fsp3) is 0.524. The van der Waals surface area contributed by atoms with Crippen LogP contribution in [0.4, 0.5) is 4.39 Å². The molecule has 1 aromatic carbocycles. The average Bonchev–Trinajstić information content (AvgIpc) is 3.19. The minimum absolute atomic E-state index is 0.235. The fourth-order valence-corrected chi connectivity index (χ4v) is 4.35. The quantitative estimate of drug-likeness (QED) is 0.881. The first-order valence-electron chi connectivity index (χ1n) is 9.81. The lowest BCUT2D eigenvalue weighted by molar-refractivity contribution is -0.137. The Balaban J connectivity index is 1.44. The monoisotopic (exact) mass is 355 g/mol. The van der Waals surface area contributed by atoms with Crippen LogP contribution in [-0.4, -0.2) is 34.1 Å². The van der Waals surface area contributed by atoms with Crippen molar-refractivity contribution in [2.75, 3.05) is 13.1 Å². The molecule has 1 aromatic heterocycles. The zero-order chi connectivity index (χ0) is 17.9. The summed E-state index contributed by atoms with van der Waals surface area (Å²) >= 11 is 0. The number of carbonyl (C=O) groups excluding carboxylic acids is 1. The number of benzene rings is 1. The van der Waals surface area contributed by atoms with Crippen LogP contribution in [0.2, 0.25) is 0 Å². The maximum Gasteiger partial charge on any atom is 0.225 e. The molecule has 0 unspecified atom stereocenters. The van der Waals surface area contributed by atoms with E-state index in [1.807, 2.05) is 6.07 Å². The summed E-state index contributed by atoms with van der Waals surface area (Å²) in [6, 6.07) is 8.44. The van der Waals surface area contributed by atoms with Crippen molar-refractivity contribution in [1.82, 2.24) is 15.1 Å². The molecule has 4 rings (SSSR count). The molecular weight excluding hydrogens is 329 g/mol. The standard InChI is InChI=1S/C21H26FN3O/c22-18-10-8-15(9-11-18)19-13-20(24-23-19)17-7-4-12-25(14-17)21(26)16-5-2-1-3-6-16/h8-11,13,16-17H,1-7,12,14H2,(H,23,24)/t17-/m0/s1. The Hall–Kier alpha value is -2.17. The predicted octanol–water partition coefficient (Wildman–Crippen LogP) is 4.50. The minimum atomic E-state index is -0.242. The van der Waals surface area contributed by atoms with E-state index < -0.39 is 0 Å². The van der Waals surface area contributed by atoms with E-state index in [-0.39, 0.29) is 11.7 Å². The van der Waals surface area contributed by atoms with Gasteiger partial charge in [0.25, 0.3) is 0 Å². The van der Waals surface area contributed by atoms with Gasteiger partial charge >= 0.3 is 0 Å². The third-order valence-corrected chi connectivity index (χ3v) is 5.86. The van der Waals surface area contributed by atoms with E-state index in [0.717, 1.165) is 55.7 Å². The third-order valence-electron chi connectivity index (χ3n) is 5.86. The number of carbonyl (C=O) groups is 1. The van der Waals surface area contributed by atoms with Gasteiger partial charge in [-0.1, -0.05) is 19.3 Å². The van der Waals surface area contributed by atoms with Crippen LogP contribution >= 0.6 is 0 Å². The van der Waals surface area contributed by atoms with Gasteiger partial charge in [0.05, 0.1) is 5.69 Å². The van der Waals surface area contributed by atoms with Gasteiger partial charge in [-0.05, 0) is 56.0 Å². The molecule has 26 heavy (non-hydrogen) atoms. The molecule has 2 aromatic rings. The average molecular weight is 355 g/mol. The van der Waals surface area contributed by atoms with Crippen LogP contribution < -0.4 is 0 Å². The summed E-state index contributed by atoms with van der Waals surface area (Å²) in [5.74, 6) is 0.651. The van der Waals surface area contributed by atoms with Gasteiger partial charge in [0.1, 0.15) is 5.82 Å². The van der Waals surface area contributed by atoms with E-state index in [0.29, 0.717) is 11.8 Å². The Morgan fingerprint density at radius 1 is 1.08 bits per heavy atom. The van der Waals surface area contributed by atoms with Crippen molar-refractivity contribution >= 4 is 5.91 Å². The summed E-state index contributed by atoms with van der Waals surface area (Å²) in [4.78, 5) is 14.9. The second kappa shape index (κ2) is 7.60. The van der Waals surface area contributed by atoms with Gasteiger partial charge in [-0.2, -0.15) is 5.10 Å². The van der Waals surface area contributed by atoms with Crippen LogP contribution in [0, 0.1) is 11.7 Å². The van der Waals surface area contributed by atoms with Gasteiger partial charge in [0.15, 0.2) is 0 Å². The number of rotatable bonds is 3. The molecule has 1 saturated carbocycles. The number of piperidine rings is 1. The van der Waals surface area contributed by atoms with Crippen LogP contribution in [0.5, 0.6) is 0 Å². The Kier molecular flexibility index (Phi) is 5.05. The molecule has 2 heterocycles. The number of nitrogens with one attached hydrogen (secondary N) is 1. The van der Waals surface area contributed by atoms with Crippen molar-refractivity contribution in [3.05, 3.63) is 41.8 Å². The Labute approximate surface area is 153 Å². The first-order valence-corrected chi connectivity index (χ1v) is 9.81. The van der Waals surface area contributed by atoms with Crippen molar-refractivity contribution in [2.45, 2.75) is 50.9 Å². The van der Waals surface area contributed by atoms with Gasteiger partial charge in [-0.25, -0.2) is 4.39 Å². The first-order chi connectivity index (χ1) is 12.7. The normalized spacial score (nSPS) is 21.7. The molecule has 1 amide bonds. The van der Waals surface area contributed by atoms with E-state index in [1.165, 1.54) is 31.4 Å². The second-order valence-electron chi connectivity index (χ2n) is 7.67. The van der Waals surface area contributed by atoms with Crippen LogP contribution in [0.25, 0.3) is 11.3 Å². The molecule has 0 spiro atoms. The van der Waals surface area contributed by atoms with Gasteiger partial charge in [0, 0.05) is 36.2 Å². The minimum Gasteiger partial charge on any atom is -0.342 e. The van der Waals surface area contributed by atoms with Crippen molar-refractivity contribution in [3.63, 3.8) is 0 Å². The summed E-state index contributed by atoms with van der Waals surface area (Å²) in [5.41, 5.74) is 2.81. The highest BCUT2D eigenvalue weighted by molar-refractivity contribution is 5.79. The van der Waals surface area contributed by atoms with Gasteiger partial charge in [-0.3, -0.25) is 9.89 Å². The largest absolute Gasteiger partial charge is 0.342 e. The zero-order valence-corrected chi connectivity index (χ0v) is 15.1. The zero-order valence-electron chi connectivity index (χ0n) is 15.1. The SMILES string of the molecule is O=C(C1CCCCC1)N1CCC[C@H](c2cc(-c3ccc(F)cc3)n[nH]2)C1. The molecule has 138 valence electrons. The molecular formula is C21H26FN3O. The predicted molar refractivity (Wildman–Crippen MR) is 99.1 cm³/mol. The van der Waals surface area contributed by atoms with Crippen LogP contribution in [-0.2, 0) is 4.79 Å². The van der Waals surface area contributed by atoms with Crippen molar-refractivity contribution in [3.8, 4) is 11.3 Å². The van der Waals surface area contributed by atoms with Crippen molar-refractivity contribution < 1.29 is 9.18 Å². The number of H-pyrrole nitrogens is 1. The van der Waals surface area contributed by atoms with E-state index >= 15 is 0 Å². The number of aromatic amines is 1. The first kappa shape index (κ1) is 17.3. The smallest absolute Gasteiger partial charge is 0.225 e. The van der Waals surface area contributed by atoms with Gasteiger partial charge in [-0.15, -0.1) is 0 Å². The second-order valence-corrected chi connectivity index (χ2v) is 7.67. The van der Waals surface area contributed by atoms with Crippen LogP contribution in [0.1, 0.15) is 56.6 Å². The molecule has 4 nitrogen and oxygen atoms in total. The lowest BCUT2D eigenvalue weighted by Crippen LogP contribution is -2.42. The maximum atomic E-state index is 13.1. The molecule has 2 aliphatic rings. The molecule has 1 aliphatic heterocycles.